The van der Waals surface area contributed by atoms with E-state index < -0.39 is 5.60 Å². The van der Waals surface area contributed by atoms with Gasteiger partial charge in [-0.15, -0.1) is 0 Å². The SMILES string of the molecule is CC1CCCC(NC(=O)OC(C)(C)C)CC1.CN. The van der Waals surface area contributed by atoms with Crippen molar-refractivity contribution in [3.63, 3.8) is 0 Å². The van der Waals surface area contributed by atoms with Gasteiger partial charge >= 0.3 is 6.09 Å². The fourth-order valence-corrected chi connectivity index (χ4v) is 2.11. The number of rotatable bonds is 1. The van der Waals surface area contributed by atoms with Gasteiger partial charge < -0.3 is 15.8 Å². The highest BCUT2D eigenvalue weighted by atomic mass is 16.6. The third-order valence-corrected chi connectivity index (χ3v) is 2.98. The molecule has 0 aromatic heterocycles. The molecular weight excluding hydrogens is 228 g/mol. The zero-order valence-corrected chi connectivity index (χ0v) is 12.6. The van der Waals surface area contributed by atoms with Gasteiger partial charge in [-0.05, 0) is 53.0 Å². The number of ether oxygens (including phenoxy) is 1. The van der Waals surface area contributed by atoms with E-state index in [1.165, 1.54) is 26.3 Å². The Morgan fingerprint density at radius 3 is 2.33 bits per heavy atom. The molecule has 108 valence electrons. The molecular formula is C14H30N2O2. The predicted octanol–water partition coefficient (Wildman–Crippen LogP) is 3.05. The first kappa shape index (κ1) is 17.2. The Kier molecular flexibility index (Phi) is 8.00. The molecule has 0 aromatic rings. The van der Waals surface area contributed by atoms with Gasteiger partial charge in [-0.1, -0.05) is 19.8 Å². The quantitative estimate of drug-likeness (QED) is 0.710. The third-order valence-electron chi connectivity index (χ3n) is 2.98. The van der Waals surface area contributed by atoms with Gasteiger partial charge in [-0.25, -0.2) is 4.79 Å². The van der Waals surface area contributed by atoms with Gasteiger partial charge in [0.25, 0.3) is 0 Å². The van der Waals surface area contributed by atoms with Crippen molar-refractivity contribution in [2.45, 2.75) is 71.4 Å². The van der Waals surface area contributed by atoms with Crippen LogP contribution in [-0.2, 0) is 4.74 Å². The van der Waals surface area contributed by atoms with Crippen LogP contribution in [-0.4, -0.2) is 24.8 Å². The Bertz CT molecular complexity index is 236. The topological polar surface area (TPSA) is 64.3 Å². The number of nitrogens with one attached hydrogen (secondary N) is 1. The molecule has 0 heterocycles. The first-order chi connectivity index (χ1) is 8.37. The number of hydrogen-bond donors (Lipinski definition) is 2. The summed E-state index contributed by atoms with van der Waals surface area (Å²) in [5.41, 5.74) is 4.10. The molecule has 0 aliphatic heterocycles. The third kappa shape index (κ3) is 8.34. The van der Waals surface area contributed by atoms with Crippen molar-refractivity contribution in [1.82, 2.24) is 5.32 Å². The number of alkyl carbamates (subject to hydrolysis) is 1. The van der Waals surface area contributed by atoms with E-state index in [1.807, 2.05) is 20.8 Å². The predicted molar refractivity (Wildman–Crippen MR) is 75.5 cm³/mol. The summed E-state index contributed by atoms with van der Waals surface area (Å²) in [6.45, 7) is 7.96. The maximum atomic E-state index is 11.6. The Morgan fingerprint density at radius 2 is 1.78 bits per heavy atom. The Labute approximate surface area is 112 Å². The Balaban J connectivity index is 0.00000137. The van der Waals surface area contributed by atoms with Crippen molar-refractivity contribution in [2.75, 3.05) is 7.05 Å². The molecule has 2 atom stereocenters. The summed E-state index contributed by atoms with van der Waals surface area (Å²) in [6.07, 6.45) is 5.60. The summed E-state index contributed by atoms with van der Waals surface area (Å²) >= 11 is 0. The van der Waals surface area contributed by atoms with Crippen LogP contribution in [0, 0.1) is 5.92 Å². The molecule has 0 radical (unpaired) electrons. The van der Waals surface area contributed by atoms with Crippen LogP contribution in [0.2, 0.25) is 0 Å². The van der Waals surface area contributed by atoms with Gasteiger partial charge in [0, 0.05) is 6.04 Å². The summed E-state index contributed by atoms with van der Waals surface area (Å²) in [5, 5.41) is 2.97. The molecule has 1 fully saturated rings. The van der Waals surface area contributed by atoms with Crippen molar-refractivity contribution in [3.05, 3.63) is 0 Å². The number of nitrogens with two attached hydrogens (primary N) is 1. The second kappa shape index (κ2) is 8.35. The number of carbonyl (C=O) groups is 1. The average Bonchev–Trinajstić information content (AvgIpc) is 2.44. The molecule has 3 N–H and O–H groups in total. The minimum atomic E-state index is -0.401. The number of hydrogen-bond acceptors (Lipinski definition) is 3. The van der Waals surface area contributed by atoms with Crippen molar-refractivity contribution in [2.24, 2.45) is 11.7 Å². The van der Waals surface area contributed by atoms with E-state index in [2.05, 4.69) is 18.0 Å². The fourth-order valence-electron chi connectivity index (χ4n) is 2.11. The highest BCUT2D eigenvalue weighted by Gasteiger charge is 2.21. The van der Waals surface area contributed by atoms with Crippen molar-refractivity contribution in [3.8, 4) is 0 Å². The molecule has 1 aliphatic carbocycles. The monoisotopic (exact) mass is 258 g/mol. The summed E-state index contributed by atoms with van der Waals surface area (Å²) in [6, 6.07) is 0.305. The lowest BCUT2D eigenvalue weighted by Crippen LogP contribution is -2.38. The molecule has 0 aromatic carbocycles. The Hall–Kier alpha value is -0.770. The van der Waals surface area contributed by atoms with E-state index >= 15 is 0 Å². The van der Waals surface area contributed by atoms with Gasteiger partial charge in [0.05, 0.1) is 0 Å². The maximum absolute atomic E-state index is 11.6. The largest absolute Gasteiger partial charge is 0.444 e. The maximum Gasteiger partial charge on any atom is 0.407 e. The van der Waals surface area contributed by atoms with E-state index in [0.29, 0.717) is 6.04 Å². The van der Waals surface area contributed by atoms with Crippen LogP contribution in [0.1, 0.15) is 59.8 Å². The molecule has 0 spiro atoms. The van der Waals surface area contributed by atoms with Gasteiger partial charge in [0.2, 0.25) is 0 Å². The molecule has 1 aliphatic rings. The summed E-state index contributed by atoms with van der Waals surface area (Å²) in [5.74, 6) is 0.797. The molecule has 1 amide bonds. The van der Waals surface area contributed by atoms with Crippen LogP contribution in [0.25, 0.3) is 0 Å². The first-order valence-electron chi connectivity index (χ1n) is 6.94. The summed E-state index contributed by atoms with van der Waals surface area (Å²) in [4.78, 5) is 11.6. The van der Waals surface area contributed by atoms with E-state index in [4.69, 9.17) is 4.74 Å². The lowest BCUT2D eigenvalue weighted by molar-refractivity contribution is 0.0499. The fraction of sp³-hybridized carbons (Fsp3) is 0.929. The van der Waals surface area contributed by atoms with Crippen molar-refractivity contribution < 1.29 is 9.53 Å². The summed E-state index contributed by atoms with van der Waals surface area (Å²) in [7, 11) is 1.50. The van der Waals surface area contributed by atoms with Gasteiger partial charge in [0.1, 0.15) is 5.60 Å². The second-order valence-corrected chi connectivity index (χ2v) is 5.96. The molecule has 0 bridgehead atoms. The highest BCUT2D eigenvalue weighted by Crippen LogP contribution is 2.22. The minimum Gasteiger partial charge on any atom is -0.444 e. The number of carbonyl (C=O) groups excluding carboxylic acids is 1. The van der Waals surface area contributed by atoms with Gasteiger partial charge in [-0.3, -0.25) is 0 Å². The van der Waals surface area contributed by atoms with Crippen LogP contribution >= 0.6 is 0 Å². The zero-order valence-electron chi connectivity index (χ0n) is 12.6. The van der Waals surface area contributed by atoms with Crippen LogP contribution < -0.4 is 11.1 Å². The minimum absolute atomic E-state index is 0.271. The summed E-state index contributed by atoms with van der Waals surface area (Å²) < 4.78 is 5.26. The standard InChI is InChI=1S/C13H25NO2.CH5N/c1-10-6-5-7-11(9-8-10)14-12(15)16-13(2,3)4;1-2/h10-11H,5-9H2,1-4H3,(H,14,15);2H2,1H3. The molecule has 4 nitrogen and oxygen atoms in total. The smallest absolute Gasteiger partial charge is 0.407 e. The van der Waals surface area contributed by atoms with E-state index in [0.717, 1.165) is 18.8 Å². The molecule has 1 rings (SSSR count). The zero-order chi connectivity index (χ0) is 14.2. The highest BCUT2D eigenvalue weighted by molar-refractivity contribution is 5.68. The van der Waals surface area contributed by atoms with E-state index in [1.54, 1.807) is 0 Å². The lowest BCUT2D eigenvalue weighted by atomic mass is 10.0. The Morgan fingerprint density at radius 1 is 1.17 bits per heavy atom. The van der Waals surface area contributed by atoms with Crippen LogP contribution in [0.3, 0.4) is 0 Å². The van der Waals surface area contributed by atoms with Gasteiger partial charge in [0.15, 0.2) is 0 Å². The molecule has 2 unspecified atom stereocenters. The molecule has 18 heavy (non-hydrogen) atoms. The molecule has 4 heteroatoms. The molecule has 0 saturated heterocycles. The van der Waals surface area contributed by atoms with E-state index in [9.17, 15) is 4.79 Å². The number of amides is 1. The van der Waals surface area contributed by atoms with Gasteiger partial charge in [-0.2, -0.15) is 0 Å². The lowest BCUT2D eigenvalue weighted by Gasteiger charge is -2.23. The van der Waals surface area contributed by atoms with Crippen molar-refractivity contribution in [1.29, 1.82) is 0 Å². The van der Waals surface area contributed by atoms with Crippen LogP contribution in [0.4, 0.5) is 4.79 Å². The van der Waals surface area contributed by atoms with Crippen molar-refractivity contribution >= 4 is 6.09 Å². The normalized spacial score (nSPS) is 24.3. The first-order valence-corrected chi connectivity index (χ1v) is 6.94. The molecule has 1 saturated carbocycles. The second-order valence-electron chi connectivity index (χ2n) is 5.96. The average molecular weight is 258 g/mol. The van der Waals surface area contributed by atoms with Crippen LogP contribution in [0.15, 0.2) is 0 Å². The van der Waals surface area contributed by atoms with Crippen LogP contribution in [0.5, 0.6) is 0 Å². The van der Waals surface area contributed by atoms with E-state index in [-0.39, 0.29) is 6.09 Å².